The molecule has 0 heterocycles. The summed E-state index contributed by atoms with van der Waals surface area (Å²) in [5.74, 6) is 0.564. The molecule has 2 rings (SSSR count). The van der Waals surface area contributed by atoms with Crippen LogP contribution in [0.4, 0.5) is 0 Å². The molecule has 2 aromatic carbocycles. The van der Waals surface area contributed by atoms with E-state index in [9.17, 15) is 0 Å². The highest BCUT2D eigenvalue weighted by Crippen LogP contribution is 2.18. The summed E-state index contributed by atoms with van der Waals surface area (Å²) in [6, 6.07) is 20.8. The Bertz CT molecular complexity index is 582. The monoisotopic (exact) mass is 292 g/mol. The average Bonchev–Trinajstić information content (AvgIpc) is 2.59. The molecule has 22 heavy (non-hydrogen) atoms. The number of benzene rings is 2. The normalized spacial score (nSPS) is 15.5. The number of nitrogens with zero attached hydrogens (tertiary/aromatic N) is 2. The Labute approximate surface area is 133 Å². The first-order valence-corrected chi connectivity index (χ1v) is 7.78. The molecule has 0 aromatic heterocycles. The molecular weight excluding hydrogens is 268 g/mol. The van der Waals surface area contributed by atoms with Gasteiger partial charge in [-0.25, -0.2) is 0 Å². The summed E-state index contributed by atoms with van der Waals surface area (Å²) in [7, 11) is 0. The highest BCUT2D eigenvalue weighted by atomic mass is 15.2. The Morgan fingerprint density at radius 3 is 1.27 bits per heavy atom. The molecule has 2 unspecified atom stereocenters. The molecule has 0 saturated heterocycles. The van der Waals surface area contributed by atoms with Crippen LogP contribution in [0.1, 0.15) is 50.7 Å². The van der Waals surface area contributed by atoms with Gasteiger partial charge in [-0.3, -0.25) is 0 Å². The van der Waals surface area contributed by atoms with Crippen LogP contribution in [-0.2, 0) is 0 Å². The van der Waals surface area contributed by atoms with E-state index in [1.807, 2.05) is 26.0 Å². The Kier molecular flexibility index (Phi) is 5.65. The SMILES string of the molecule is C/C(=N\N=C(/C)C(C)c1ccccc1)C(C)c1ccccc1. The van der Waals surface area contributed by atoms with Gasteiger partial charge in [-0.2, -0.15) is 10.2 Å². The lowest BCUT2D eigenvalue weighted by molar-refractivity contribution is 0.967. The fourth-order valence-corrected chi connectivity index (χ4v) is 2.30. The molecule has 0 saturated carbocycles. The van der Waals surface area contributed by atoms with E-state index in [1.54, 1.807) is 0 Å². The van der Waals surface area contributed by atoms with Crippen molar-refractivity contribution in [3.8, 4) is 0 Å². The molecule has 0 aliphatic carbocycles. The Balaban J connectivity index is 2.11. The predicted octanol–water partition coefficient (Wildman–Crippen LogP) is 5.43. The van der Waals surface area contributed by atoms with Crippen molar-refractivity contribution < 1.29 is 0 Å². The lowest BCUT2D eigenvalue weighted by atomic mass is 9.97. The van der Waals surface area contributed by atoms with Crippen LogP contribution in [0.5, 0.6) is 0 Å². The van der Waals surface area contributed by atoms with E-state index < -0.39 is 0 Å². The number of rotatable bonds is 5. The van der Waals surface area contributed by atoms with E-state index >= 15 is 0 Å². The van der Waals surface area contributed by atoms with Gasteiger partial charge in [0.2, 0.25) is 0 Å². The molecule has 0 amide bonds. The topological polar surface area (TPSA) is 24.7 Å². The molecule has 0 spiro atoms. The maximum absolute atomic E-state index is 4.45. The third-order valence-corrected chi connectivity index (χ3v) is 4.22. The highest BCUT2D eigenvalue weighted by Gasteiger charge is 2.10. The fourth-order valence-electron chi connectivity index (χ4n) is 2.30. The molecule has 2 heteroatoms. The molecule has 0 bridgehead atoms. The smallest absolute Gasteiger partial charge is 0.0446 e. The summed E-state index contributed by atoms with van der Waals surface area (Å²) in [6.45, 7) is 8.42. The van der Waals surface area contributed by atoms with Gasteiger partial charge in [-0.15, -0.1) is 0 Å². The van der Waals surface area contributed by atoms with E-state index in [-0.39, 0.29) is 11.8 Å². The van der Waals surface area contributed by atoms with Crippen molar-refractivity contribution in [1.82, 2.24) is 0 Å². The van der Waals surface area contributed by atoms with Gasteiger partial charge in [0.15, 0.2) is 0 Å². The largest absolute Gasteiger partial charge is 0.160 e. The van der Waals surface area contributed by atoms with Crippen molar-refractivity contribution in [2.45, 2.75) is 39.5 Å². The number of hydrogen-bond acceptors (Lipinski definition) is 2. The molecule has 0 N–H and O–H groups in total. The first-order chi connectivity index (χ1) is 10.6. The van der Waals surface area contributed by atoms with Crippen molar-refractivity contribution in [2.75, 3.05) is 0 Å². The van der Waals surface area contributed by atoms with Gasteiger partial charge in [0, 0.05) is 23.3 Å². The predicted molar refractivity (Wildman–Crippen MR) is 95.9 cm³/mol. The zero-order valence-corrected chi connectivity index (χ0v) is 13.8. The van der Waals surface area contributed by atoms with E-state index in [2.05, 4.69) is 72.6 Å². The fraction of sp³-hybridized carbons (Fsp3) is 0.300. The molecule has 114 valence electrons. The molecule has 2 atom stereocenters. The van der Waals surface area contributed by atoms with Crippen molar-refractivity contribution in [3.63, 3.8) is 0 Å². The van der Waals surface area contributed by atoms with Crippen LogP contribution in [0.2, 0.25) is 0 Å². The van der Waals surface area contributed by atoms with E-state index in [4.69, 9.17) is 0 Å². The van der Waals surface area contributed by atoms with Crippen LogP contribution < -0.4 is 0 Å². The second-order valence-corrected chi connectivity index (χ2v) is 5.75. The van der Waals surface area contributed by atoms with Gasteiger partial charge >= 0.3 is 0 Å². The van der Waals surface area contributed by atoms with E-state index in [0.29, 0.717) is 0 Å². The minimum absolute atomic E-state index is 0.282. The van der Waals surface area contributed by atoms with Crippen LogP contribution in [0.25, 0.3) is 0 Å². The highest BCUT2D eigenvalue weighted by molar-refractivity contribution is 5.91. The van der Waals surface area contributed by atoms with Gasteiger partial charge in [-0.1, -0.05) is 74.5 Å². The molecule has 0 radical (unpaired) electrons. The van der Waals surface area contributed by atoms with Gasteiger partial charge < -0.3 is 0 Å². The molecule has 2 nitrogen and oxygen atoms in total. The van der Waals surface area contributed by atoms with E-state index in [1.165, 1.54) is 11.1 Å². The number of hydrogen-bond donors (Lipinski definition) is 0. The Hall–Kier alpha value is -2.22. The minimum atomic E-state index is 0.282. The Morgan fingerprint density at radius 1 is 0.636 bits per heavy atom. The summed E-state index contributed by atoms with van der Waals surface area (Å²) < 4.78 is 0. The Morgan fingerprint density at radius 2 is 0.955 bits per heavy atom. The first-order valence-electron chi connectivity index (χ1n) is 7.78. The molecule has 0 aliphatic heterocycles. The van der Waals surface area contributed by atoms with Gasteiger partial charge in [0.25, 0.3) is 0 Å². The first kappa shape index (κ1) is 16.2. The lowest BCUT2D eigenvalue weighted by Gasteiger charge is -2.12. The molecule has 0 aliphatic rings. The third-order valence-electron chi connectivity index (χ3n) is 4.22. The second-order valence-electron chi connectivity index (χ2n) is 5.75. The maximum Gasteiger partial charge on any atom is 0.0446 e. The van der Waals surface area contributed by atoms with Crippen molar-refractivity contribution >= 4 is 11.4 Å². The average molecular weight is 292 g/mol. The standard InChI is InChI=1S/C20H24N2/c1-15(19-11-7-5-8-12-19)17(3)21-22-18(4)16(2)20-13-9-6-10-14-20/h5-16H,1-4H3/b21-17+,22-18+. The quantitative estimate of drug-likeness (QED) is 0.518. The molecular formula is C20H24N2. The summed E-state index contributed by atoms with van der Waals surface area (Å²) in [4.78, 5) is 0. The summed E-state index contributed by atoms with van der Waals surface area (Å²) in [5, 5.41) is 8.90. The zero-order valence-electron chi connectivity index (χ0n) is 13.8. The van der Waals surface area contributed by atoms with Crippen LogP contribution in [0.3, 0.4) is 0 Å². The van der Waals surface area contributed by atoms with Crippen LogP contribution in [0.15, 0.2) is 70.9 Å². The van der Waals surface area contributed by atoms with Crippen LogP contribution in [0, 0.1) is 0 Å². The minimum Gasteiger partial charge on any atom is -0.160 e. The summed E-state index contributed by atoms with van der Waals surface area (Å²) >= 11 is 0. The molecule has 0 fully saturated rings. The van der Waals surface area contributed by atoms with Crippen molar-refractivity contribution in [1.29, 1.82) is 0 Å². The maximum atomic E-state index is 4.45. The van der Waals surface area contributed by atoms with Crippen LogP contribution in [-0.4, -0.2) is 11.4 Å². The van der Waals surface area contributed by atoms with E-state index in [0.717, 1.165) is 11.4 Å². The van der Waals surface area contributed by atoms with Gasteiger partial charge in [0.1, 0.15) is 0 Å². The molecule has 2 aromatic rings. The second kappa shape index (κ2) is 7.69. The zero-order chi connectivity index (χ0) is 15.9. The lowest BCUT2D eigenvalue weighted by Crippen LogP contribution is -2.07. The third kappa shape index (κ3) is 4.14. The summed E-state index contributed by atoms with van der Waals surface area (Å²) in [6.07, 6.45) is 0. The van der Waals surface area contributed by atoms with Crippen LogP contribution >= 0.6 is 0 Å². The van der Waals surface area contributed by atoms with Gasteiger partial charge in [0.05, 0.1) is 0 Å². The van der Waals surface area contributed by atoms with Crippen molar-refractivity contribution in [2.24, 2.45) is 10.2 Å². The summed E-state index contributed by atoms with van der Waals surface area (Å²) in [5.41, 5.74) is 4.61. The van der Waals surface area contributed by atoms with Crippen molar-refractivity contribution in [3.05, 3.63) is 71.8 Å². The van der Waals surface area contributed by atoms with Gasteiger partial charge in [-0.05, 0) is 25.0 Å².